The summed E-state index contributed by atoms with van der Waals surface area (Å²) in [6, 6.07) is 8.07. The predicted octanol–water partition coefficient (Wildman–Crippen LogP) is 3.22. The highest BCUT2D eigenvalue weighted by Gasteiger charge is 2.25. The van der Waals surface area contributed by atoms with E-state index >= 15 is 0 Å². The Morgan fingerprint density at radius 1 is 1.45 bits per heavy atom. The number of hydrogen-bond donors (Lipinski definition) is 2. The number of aromatic nitrogens is 2. The van der Waals surface area contributed by atoms with Crippen LogP contribution >= 0.6 is 11.8 Å². The molecule has 0 radical (unpaired) electrons. The first-order chi connectivity index (χ1) is 10.6. The van der Waals surface area contributed by atoms with E-state index in [0.29, 0.717) is 24.1 Å². The summed E-state index contributed by atoms with van der Waals surface area (Å²) in [6.45, 7) is 4.94. The van der Waals surface area contributed by atoms with Gasteiger partial charge in [0.25, 0.3) is 0 Å². The lowest BCUT2D eigenvalue weighted by Crippen LogP contribution is -2.12. The molecule has 1 amide bonds. The van der Waals surface area contributed by atoms with E-state index in [1.54, 1.807) is 18.0 Å². The van der Waals surface area contributed by atoms with Gasteiger partial charge in [-0.25, -0.2) is 0 Å². The molecule has 0 unspecified atom stereocenters. The average molecular weight is 317 g/mol. The first kappa shape index (κ1) is 15.0. The fraction of sp³-hybridized carbons (Fsp3) is 0.375. The third-order valence-corrected chi connectivity index (χ3v) is 4.63. The van der Waals surface area contributed by atoms with Crippen molar-refractivity contribution in [2.75, 3.05) is 17.7 Å². The first-order valence-electron chi connectivity index (χ1n) is 7.31. The van der Waals surface area contributed by atoms with Gasteiger partial charge < -0.3 is 10.1 Å². The molecule has 0 aliphatic carbocycles. The third kappa shape index (κ3) is 3.27. The van der Waals surface area contributed by atoms with Crippen LogP contribution in [-0.4, -0.2) is 28.5 Å². The molecule has 0 saturated carbocycles. The minimum Gasteiger partial charge on any atom is -0.493 e. The number of thioether (sulfide) groups is 1. The normalized spacial score (nSPS) is 17.8. The Hall–Kier alpha value is -1.95. The number of ether oxygens (including phenoxy) is 1. The molecular weight excluding hydrogens is 298 g/mol. The van der Waals surface area contributed by atoms with Gasteiger partial charge in [-0.15, -0.1) is 11.8 Å². The Morgan fingerprint density at radius 3 is 3.14 bits per heavy atom. The van der Waals surface area contributed by atoms with Crippen molar-refractivity contribution in [2.24, 2.45) is 5.92 Å². The van der Waals surface area contributed by atoms with Crippen LogP contribution in [0.3, 0.4) is 0 Å². The number of fused-ring (bicyclic) bond motifs is 1. The fourth-order valence-electron chi connectivity index (χ4n) is 2.32. The second kappa shape index (κ2) is 6.44. The van der Waals surface area contributed by atoms with Crippen LogP contribution in [0.2, 0.25) is 0 Å². The Bertz CT molecular complexity index is 669. The standard InChI is InChI=1S/C16H19N3O2S/c1-10(2)8-21-12-5-3-4-11(6-12)15-13-7-17-19-16(13)18-14(20)9-22-15/h3-7,10,15H,8-9H2,1-2H3,(H2,17,18,19,20)/t15-/m1/s1. The topological polar surface area (TPSA) is 67.0 Å². The van der Waals surface area contributed by atoms with E-state index in [1.807, 2.05) is 18.2 Å². The quantitative estimate of drug-likeness (QED) is 0.908. The maximum absolute atomic E-state index is 11.8. The van der Waals surface area contributed by atoms with Crippen LogP contribution in [0.25, 0.3) is 0 Å². The molecule has 5 nitrogen and oxygen atoms in total. The van der Waals surface area contributed by atoms with Crippen LogP contribution in [0.15, 0.2) is 30.5 Å². The second-order valence-electron chi connectivity index (χ2n) is 5.72. The molecule has 1 aliphatic rings. The number of anilines is 1. The number of nitrogens with one attached hydrogen (secondary N) is 2. The number of nitrogens with zero attached hydrogens (tertiary/aromatic N) is 1. The average Bonchev–Trinajstić information content (AvgIpc) is 2.88. The Balaban J connectivity index is 1.88. The van der Waals surface area contributed by atoms with E-state index in [0.717, 1.165) is 16.9 Å². The number of rotatable bonds is 4. The van der Waals surface area contributed by atoms with Crippen molar-refractivity contribution >= 4 is 23.5 Å². The highest BCUT2D eigenvalue weighted by Crippen LogP contribution is 2.41. The molecule has 3 rings (SSSR count). The summed E-state index contributed by atoms with van der Waals surface area (Å²) in [7, 11) is 0. The van der Waals surface area contributed by atoms with E-state index in [4.69, 9.17) is 4.74 Å². The molecule has 0 fully saturated rings. The molecule has 6 heteroatoms. The summed E-state index contributed by atoms with van der Waals surface area (Å²) < 4.78 is 5.81. The molecule has 1 atom stereocenters. The van der Waals surface area contributed by atoms with Gasteiger partial charge in [-0.1, -0.05) is 26.0 Å². The summed E-state index contributed by atoms with van der Waals surface area (Å²) in [5.74, 6) is 2.45. The molecule has 0 saturated heterocycles. The van der Waals surface area contributed by atoms with E-state index in [-0.39, 0.29) is 11.2 Å². The fourth-order valence-corrected chi connectivity index (χ4v) is 3.41. The van der Waals surface area contributed by atoms with Gasteiger partial charge in [0.2, 0.25) is 5.91 Å². The van der Waals surface area contributed by atoms with Crippen molar-refractivity contribution in [1.29, 1.82) is 0 Å². The van der Waals surface area contributed by atoms with E-state index < -0.39 is 0 Å². The number of H-pyrrole nitrogens is 1. The van der Waals surface area contributed by atoms with Gasteiger partial charge >= 0.3 is 0 Å². The van der Waals surface area contributed by atoms with E-state index in [2.05, 4.69) is 35.4 Å². The molecule has 1 aliphatic heterocycles. The van der Waals surface area contributed by atoms with E-state index in [1.165, 1.54) is 0 Å². The second-order valence-corrected chi connectivity index (χ2v) is 6.81. The van der Waals surface area contributed by atoms with Crippen LogP contribution in [0.1, 0.15) is 30.2 Å². The largest absolute Gasteiger partial charge is 0.493 e. The molecule has 0 spiro atoms. The van der Waals surface area contributed by atoms with Crippen molar-refractivity contribution in [2.45, 2.75) is 19.1 Å². The molecule has 2 heterocycles. The lowest BCUT2D eigenvalue weighted by atomic mass is 10.1. The van der Waals surface area contributed by atoms with E-state index in [9.17, 15) is 4.79 Å². The highest BCUT2D eigenvalue weighted by atomic mass is 32.2. The van der Waals surface area contributed by atoms with Crippen molar-refractivity contribution < 1.29 is 9.53 Å². The summed E-state index contributed by atoms with van der Waals surface area (Å²) in [5.41, 5.74) is 2.11. The lowest BCUT2D eigenvalue weighted by Gasteiger charge is -2.15. The van der Waals surface area contributed by atoms with Crippen molar-refractivity contribution in [3.8, 4) is 5.75 Å². The number of carbonyl (C=O) groups is 1. The van der Waals surface area contributed by atoms with Crippen LogP contribution in [0.4, 0.5) is 5.82 Å². The Labute approximate surface area is 133 Å². The summed E-state index contributed by atoms with van der Waals surface area (Å²) in [6.07, 6.45) is 1.78. The number of benzene rings is 1. The van der Waals surface area contributed by atoms with Gasteiger partial charge in [0.15, 0.2) is 0 Å². The summed E-state index contributed by atoms with van der Waals surface area (Å²) in [5, 5.41) is 9.82. The minimum absolute atomic E-state index is 0.00906. The van der Waals surface area contributed by atoms with Crippen LogP contribution in [-0.2, 0) is 4.79 Å². The van der Waals surface area contributed by atoms with Crippen LogP contribution in [0, 0.1) is 5.92 Å². The zero-order valence-corrected chi connectivity index (χ0v) is 13.4. The van der Waals surface area contributed by atoms with Crippen LogP contribution < -0.4 is 10.1 Å². The summed E-state index contributed by atoms with van der Waals surface area (Å²) in [4.78, 5) is 11.8. The monoisotopic (exact) mass is 317 g/mol. The smallest absolute Gasteiger partial charge is 0.235 e. The molecule has 116 valence electrons. The van der Waals surface area contributed by atoms with Gasteiger partial charge in [-0.2, -0.15) is 5.10 Å². The van der Waals surface area contributed by atoms with Gasteiger partial charge in [0.1, 0.15) is 11.6 Å². The zero-order chi connectivity index (χ0) is 15.5. The molecule has 0 bridgehead atoms. The third-order valence-electron chi connectivity index (χ3n) is 3.34. The molecule has 2 N–H and O–H groups in total. The Kier molecular flexibility index (Phi) is 4.38. The maximum Gasteiger partial charge on any atom is 0.235 e. The zero-order valence-electron chi connectivity index (χ0n) is 12.6. The highest BCUT2D eigenvalue weighted by molar-refractivity contribution is 8.00. The van der Waals surface area contributed by atoms with Gasteiger partial charge in [0, 0.05) is 5.56 Å². The predicted molar refractivity (Wildman–Crippen MR) is 88.3 cm³/mol. The van der Waals surface area contributed by atoms with Gasteiger partial charge in [0.05, 0.1) is 23.8 Å². The van der Waals surface area contributed by atoms with Crippen molar-refractivity contribution in [3.05, 3.63) is 41.6 Å². The maximum atomic E-state index is 11.8. The number of aromatic amines is 1. The minimum atomic E-state index is -0.00906. The van der Waals surface area contributed by atoms with Gasteiger partial charge in [-0.05, 0) is 23.6 Å². The SMILES string of the molecule is CC(C)COc1cccc([C@H]2SCC(=O)Nc3[nH]ncc32)c1. The van der Waals surface area contributed by atoms with Crippen LogP contribution in [0.5, 0.6) is 5.75 Å². The number of carbonyl (C=O) groups excluding carboxylic acids is 1. The Morgan fingerprint density at radius 2 is 2.32 bits per heavy atom. The molecule has 1 aromatic heterocycles. The van der Waals surface area contributed by atoms with Gasteiger partial charge in [-0.3, -0.25) is 9.89 Å². The molecule has 22 heavy (non-hydrogen) atoms. The molecule has 1 aromatic carbocycles. The molecule has 2 aromatic rings. The number of hydrogen-bond acceptors (Lipinski definition) is 4. The lowest BCUT2D eigenvalue weighted by molar-refractivity contribution is -0.113. The number of amides is 1. The molecular formula is C16H19N3O2S. The van der Waals surface area contributed by atoms with Crippen molar-refractivity contribution in [3.63, 3.8) is 0 Å². The first-order valence-corrected chi connectivity index (χ1v) is 8.36. The van der Waals surface area contributed by atoms with Crippen molar-refractivity contribution in [1.82, 2.24) is 10.2 Å². The summed E-state index contributed by atoms with van der Waals surface area (Å²) >= 11 is 1.60.